The van der Waals surface area contributed by atoms with Crippen LogP contribution in [0.15, 0.2) is 157 Å². The zero-order chi connectivity index (χ0) is 32.1. The third-order valence-electron chi connectivity index (χ3n) is 10.0. The van der Waals surface area contributed by atoms with Crippen LogP contribution >= 0.6 is 22.7 Å². The van der Waals surface area contributed by atoms with Gasteiger partial charge in [-0.15, -0.1) is 22.7 Å². The second kappa shape index (κ2) is 10.4. The van der Waals surface area contributed by atoms with Crippen LogP contribution in [-0.2, 0) is 0 Å². The molecule has 0 bridgehead atoms. The van der Waals surface area contributed by atoms with Crippen molar-refractivity contribution >= 4 is 97.2 Å². The third kappa shape index (κ3) is 3.85. The van der Waals surface area contributed by atoms with Gasteiger partial charge in [0, 0.05) is 36.3 Å². The van der Waals surface area contributed by atoms with E-state index >= 15 is 0 Å². The van der Waals surface area contributed by atoms with E-state index in [1.807, 2.05) is 22.7 Å². The van der Waals surface area contributed by atoms with E-state index in [1.165, 1.54) is 78.9 Å². The largest absolute Gasteiger partial charge is 0.343 e. The van der Waals surface area contributed by atoms with Crippen LogP contribution in [0.4, 0.5) is 5.69 Å². The van der Waals surface area contributed by atoms with Crippen LogP contribution in [0.2, 0.25) is 0 Å². The lowest BCUT2D eigenvalue weighted by Crippen LogP contribution is -2.36. The smallest absolute Gasteiger partial charge is 0.209 e. The number of hydrogen-bond donors (Lipinski definition) is 1. The SMILES string of the molecule is c1ccc(-c2cccc3c2sc2c3c3ccccc3c3c4ccccc4n(C4=Nc5c(sc6ccccc56)C(c5ccccc5)N4)c23)cc1. The molecule has 1 N–H and O–H groups in total. The Morgan fingerprint density at radius 3 is 2.00 bits per heavy atom. The molecule has 1 aliphatic rings. The molecule has 10 aromatic rings. The molecule has 0 fully saturated rings. The molecule has 1 unspecified atom stereocenters. The Morgan fingerprint density at radius 1 is 0.531 bits per heavy atom. The van der Waals surface area contributed by atoms with Gasteiger partial charge in [0.15, 0.2) is 0 Å². The van der Waals surface area contributed by atoms with Crippen molar-refractivity contribution < 1.29 is 0 Å². The molecule has 0 spiro atoms. The second-order valence-electron chi connectivity index (χ2n) is 12.7. The number of para-hydroxylation sites is 1. The van der Waals surface area contributed by atoms with Gasteiger partial charge in [0.1, 0.15) is 0 Å². The summed E-state index contributed by atoms with van der Waals surface area (Å²) in [6, 6.07) is 54.8. The average molecular weight is 662 g/mol. The Labute approximate surface area is 290 Å². The van der Waals surface area contributed by atoms with Gasteiger partial charge in [-0.25, -0.2) is 4.99 Å². The highest BCUT2D eigenvalue weighted by molar-refractivity contribution is 7.27. The van der Waals surface area contributed by atoms with Crippen molar-refractivity contribution in [2.75, 3.05) is 0 Å². The molecule has 1 aliphatic heterocycles. The minimum Gasteiger partial charge on any atom is -0.343 e. The van der Waals surface area contributed by atoms with E-state index in [-0.39, 0.29) is 6.04 Å². The van der Waals surface area contributed by atoms with Crippen LogP contribution in [-0.4, -0.2) is 10.5 Å². The van der Waals surface area contributed by atoms with Crippen molar-refractivity contribution in [3.63, 3.8) is 0 Å². The quantitative estimate of drug-likeness (QED) is 0.196. The van der Waals surface area contributed by atoms with Crippen molar-refractivity contribution in [3.8, 4) is 11.1 Å². The predicted octanol–water partition coefficient (Wildman–Crippen LogP) is 12.4. The molecule has 0 saturated carbocycles. The maximum Gasteiger partial charge on any atom is 0.209 e. The summed E-state index contributed by atoms with van der Waals surface area (Å²) in [6.07, 6.45) is 0. The summed E-state index contributed by atoms with van der Waals surface area (Å²) in [4.78, 5) is 6.79. The number of rotatable bonds is 2. The van der Waals surface area contributed by atoms with Gasteiger partial charge in [0.25, 0.3) is 0 Å². The molecule has 0 amide bonds. The second-order valence-corrected chi connectivity index (χ2v) is 14.8. The number of thiophene rings is 2. The van der Waals surface area contributed by atoms with Crippen molar-refractivity contribution in [2.24, 2.45) is 4.99 Å². The van der Waals surface area contributed by atoms with E-state index in [0.717, 1.165) is 17.2 Å². The van der Waals surface area contributed by atoms with Crippen LogP contribution < -0.4 is 5.32 Å². The highest BCUT2D eigenvalue weighted by atomic mass is 32.1. The standard InChI is InChI=1S/C44H27N3S2/c1-3-14-26(15-4-1)28-22-13-23-33-37-30-19-8-7-18-29(30)36-31-20-9-11-24-34(31)47(40(36)42(37)49-41(28)33)44-45-38(27-16-5-2-6-17-27)43-39(46-44)32-21-10-12-25-35(32)48-43/h1-25,38H,(H,45,46). The number of nitrogens with zero attached hydrogens (tertiary/aromatic N) is 2. The molecule has 49 heavy (non-hydrogen) atoms. The van der Waals surface area contributed by atoms with E-state index in [4.69, 9.17) is 4.99 Å². The van der Waals surface area contributed by atoms with E-state index in [1.54, 1.807) is 0 Å². The van der Waals surface area contributed by atoms with Crippen LogP contribution in [0.5, 0.6) is 0 Å². The normalized spacial score (nSPS) is 14.6. The van der Waals surface area contributed by atoms with Gasteiger partial charge in [-0.1, -0.05) is 140 Å². The lowest BCUT2D eigenvalue weighted by Gasteiger charge is -2.26. The molecule has 3 nitrogen and oxygen atoms in total. The lowest BCUT2D eigenvalue weighted by atomic mass is 9.97. The number of aliphatic imine (C=N–C) groups is 1. The number of nitrogens with one attached hydrogen (secondary N) is 1. The molecule has 0 aliphatic carbocycles. The topological polar surface area (TPSA) is 29.3 Å². The Hall–Kier alpha value is -5.75. The Bertz CT molecular complexity index is 2970. The van der Waals surface area contributed by atoms with Crippen LogP contribution in [0.3, 0.4) is 0 Å². The summed E-state index contributed by atoms with van der Waals surface area (Å²) in [6.45, 7) is 0. The highest BCUT2D eigenvalue weighted by Gasteiger charge is 2.31. The Balaban J connectivity index is 1.31. The van der Waals surface area contributed by atoms with Gasteiger partial charge in [0.05, 0.1) is 32.3 Å². The molecule has 4 heterocycles. The summed E-state index contributed by atoms with van der Waals surface area (Å²) in [5, 5.41) is 12.9. The number of hydrogen-bond acceptors (Lipinski definition) is 4. The molecule has 7 aromatic carbocycles. The molecule has 3 aromatic heterocycles. The number of aromatic nitrogens is 1. The van der Waals surface area contributed by atoms with Crippen LogP contribution in [0, 0.1) is 0 Å². The summed E-state index contributed by atoms with van der Waals surface area (Å²) in [7, 11) is 0. The van der Waals surface area contributed by atoms with E-state index in [0.29, 0.717) is 0 Å². The summed E-state index contributed by atoms with van der Waals surface area (Å²) in [5.41, 5.74) is 7.16. The summed E-state index contributed by atoms with van der Waals surface area (Å²) >= 11 is 3.75. The molecular weight excluding hydrogens is 635 g/mol. The average Bonchev–Trinajstić information content (AvgIpc) is 3.85. The van der Waals surface area contributed by atoms with Crippen molar-refractivity contribution in [1.82, 2.24) is 9.88 Å². The number of benzene rings is 7. The van der Waals surface area contributed by atoms with E-state index in [2.05, 4.69) is 162 Å². The van der Waals surface area contributed by atoms with Crippen molar-refractivity contribution in [2.45, 2.75) is 6.04 Å². The molecule has 0 radical (unpaired) electrons. The van der Waals surface area contributed by atoms with Gasteiger partial charge in [0.2, 0.25) is 5.96 Å². The minimum atomic E-state index is -0.0275. The minimum absolute atomic E-state index is 0.0275. The van der Waals surface area contributed by atoms with Gasteiger partial charge >= 0.3 is 0 Å². The fourth-order valence-corrected chi connectivity index (χ4v) is 10.6. The van der Waals surface area contributed by atoms with Gasteiger partial charge in [-0.2, -0.15) is 0 Å². The monoisotopic (exact) mass is 661 g/mol. The van der Waals surface area contributed by atoms with Crippen LogP contribution in [0.25, 0.3) is 74.0 Å². The van der Waals surface area contributed by atoms with E-state index < -0.39 is 0 Å². The molecule has 230 valence electrons. The zero-order valence-corrected chi connectivity index (χ0v) is 27.9. The summed E-state index contributed by atoms with van der Waals surface area (Å²) < 4.78 is 6.27. The Kier molecular flexibility index (Phi) is 5.76. The predicted molar refractivity (Wildman–Crippen MR) is 211 cm³/mol. The maximum absolute atomic E-state index is 5.54. The maximum atomic E-state index is 5.54. The molecule has 11 rings (SSSR count). The lowest BCUT2D eigenvalue weighted by molar-refractivity contribution is 0.747. The fourth-order valence-electron chi connectivity index (χ4n) is 7.95. The van der Waals surface area contributed by atoms with Crippen molar-refractivity contribution in [3.05, 3.63) is 162 Å². The first-order chi connectivity index (χ1) is 24.3. The molecule has 1 atom stereocenters. The Morgan fingerprint density at radius 2 is 1.18 bits per heavy atom. The zero-order valence-electron chi connectivity index (χ0n) is 26.2. The first kappa shape index (κ1) is 27.2. The molecule has 0 saturated heterocycles. The number of fused-ring (bicyclic) bond motifs is 13. The van der Waals surface area contributed by atoms with Gasteiger partial charge < -0.3 is 5.32 Å². The van der Waals surface area contributed by atoms with Gasteiger partial charge in [-0.3, -0.25) is 4.57 Å². The highest BCUT2D eigenvalue weighted by Crippen LogP contribution is 2.50. The molecular formula is C44H27N3S2. The first-order valence-electron chi connectivity index (χ1n) is 16.6. The fraction of sp³-hybridized carbons (Fsp3) is 0.0227. The first-order valence-corrected chi connectivity index (χ1v) is 18.2. The summed E-state index contributed by atoms with van der Waals surface area (Å²) in [5.74, 6) is 0.855. The van der Waals surface area contributed by atoms with Crippen molar-refractivity contribution in [1.29, 1.82) is 0 Å². The molecule has 5 heteroatoms. The third-order valence-corrected chi connectivity index (χ3v) is 12.5. The van der Waals surface area contributed by atoms with Crippen LogP contribution in [0.1, 0.15) is 16.5 Å². The van der Waals surface area contributed by atoms with E-state index in [9.17, 15) is 0 Å². The van der Waals surface area contributed by atoms with Gasteiger partial charge in [-0.05, 0) is 39.6 Å².